The zero-order chi connectivity index (χ0) is 13.9. The van der Waals surface area contributed by atoms with E-state index in [4.69, 9.17) is 4.74 Å². The number of thiophene rings is 1. The van der Waals surface area contributed by atoms with Crippen LogP contribution < -0.4 is 10.0 Å². The first-order valence-corrected chi connectivity index (χ1v) is 8.60. The van der Waals surface area contributed by atoms with Crippen molar-refractivity contribution in [1.82, 2.24) is 10.0 Å². The van der Waals surface area contributed by atoms with Crippen LogP contribution in [0.5, 0.6) is 0 Å². The molecule has 0 amide bonds. The third-order valence-electron chi connectivity index (χ3n) is 3.12. The molecule has 0 radical (unpaired) electrons. The van der Waals surface area contributed by atoms with Crippen molar-refractivity contribution in [2.24, 2.45) is 0 Å². The first kappa shape index (κ1) is 14.9. The molecule has 2 rings (SSSR count). The van der Waals surface area contributed by atoms with Crippen molar-refractivity contribution in [3.05, 3.63) is 17.0 Å². The highest BCUT2D eigenvalue weighted by atomic mass is 32.2. The van der Waals surface area contributed by atoms with Gasteiger partial charge in [-0.2, -0.15) is 0 Å². The molecule has 5 nitrogen and oxygen atoms in total. The lowest BCUT2D eigenvalue weighted by molar-refractivity contribution is 0.178. The van der Waals surface area contributed by atoms with Crippen molar-refractivity contribution in [3.63, 3.8) is 0 Å². The molecule has 7 heteroatoms. The molecule has 0 spiro atoms. The van der Waals surface area contributed by atoms with Crippen LogP contribution in [0.15, 0.2) is 16.3 Å². The number of rotatable bonds is 6. The Morgan fingerprint density at radius 2 is 2.26 bits per heavy atom. The maximum absolute atomic E-state index is 12.3. The lowest BCUT2D eigenvalue weighted by atomic mass is 10.0. The van der Waals surface area contributed by atoms with Gasteiger partial charge in [0.15, 0.2) is 0 Å². The normalized spacial score (nSPS) is 23.9. The minimum Gasteiger partial charge on any atom is -0.379 e. The Labute approximate surface area is 118 Å². The van der Waals surface area contributed by atoms with E-state index in [1.807, 2.05) is 20.0 Å². The van der Waals surface area contributed by atoms with Gasteiger partial charge in [0.25, 0.3) is 10.0 Å². The van der Waals surface area contributed by atoms with Gasteiger partial charge in [0, 0.05) is 11.5 Å². The van der Waals surface area contributed by atoms with Crippen molar-refractivity contribution in [3.8, 4) is 0 Å². The zero-order valence-corrected chi connectivity index (χ0v) is 12.9. The monoisotopic (exact) mass is 304 g/mol. The predicted molar refractivity (Wildman–Crippen MR) is 76.1 cm³/mol. The molecule has 0 saturated carbocycles. The number of sulfonamides is 1. The number of ether oxygens (including phenoxy) is 1. The summed E-state index contributed by atoms with van der Waals surface area (Å²) in [6, 6.07) is 3.56. The van der Waals surface area contributed by atoms with Gasteiger partial charge in [0.1, 0.15) is 4.21 Å². The standard InChI is InChI=1S/C12H20N2O3S2/c1-12(6-8-17-9-12)14-19(15,16)11-4-3-10(18-11)5-7-13-2/h3-4,13-14H,5-9H2,1-2H3. The molecule has 2 N–H and O–H groups in total. The van der Waals surface area contributed by atoms with Crippen molar-refractivity contribution in [2.45, 2.75) is 29.5 Å². The van der Waals surface area contributed by atoms with Crippen LogP contribution in [0.3, 0.4) is 0 Å². The minimum absolute atomic E-state index is 0.381. The molecule has 1 aromatic rings. The Morgan fingerprint density at radius 3 is 2.89 bits per heavy atom. The Hall–Kier alpha value is -0.470. The second-order valence-corrected chi connectivity index (χ2v) is 8.12. The van der Waals surface area contributed by atoms with Gasteiger partial charge in [-0.1, -0.05) is 0 Å². The molecule has 1 fully saturated rings. The van der Waals surface area contributed by atoms with Gasteiger partial charge in [0.05, 0.1) is 12.1 Å². The van der Waals surface area contributed by atoms with Crippen molar-refractivity contribution in [2.75, 3.05) is 26.8 Å². The molecule has 0 aromatic carbocycles. The molecule has 1 aromatic heterocycles. The summed E-state index contributed by atoms with van der Waals surface area (Å²) < 4.78 is 33.0. The third-order valence-corrected chi connectivity index (χ3v) is 6.40. The molecule has 0 bridgehead atoms. The van der Waals surface area contributed by atoms with Gasteiger partial charge >= 0.3 is 0 Å². The van der Waals surface area contributed by atoms with Gasteiger partial charge in [-0.15, -0.1) is 11.3 Å². The Kier molecular flexibility index (Phi) is 4.62. The van der Waals surface area contributed by atoms with E-state index in [1.165, 1.54) is 11.3 Å². The molecule has 1 aliphatic rings. The molecule has 1 saturated heterocycles. The fraction of sp³-hybridized carbons (Fsp3) is 0.667. The summed E-state index contributed by atoms with van der Waals surface area (Å²) in [6.45, 7) is 3.77. The smallest absolute Gasteiger partial charge is 0.250 e. The molecule has 1 aliphatic heterocycles. The first-order valence-electron chi connectivity index (χ1n) is 6.30. The highest BCUT2D eigenvalue weighted by Gasteiger charge is 2.35. The average Bonchev–Trinajstić information content (AvgIpc) is 2.95. The summed E-state index contributed by atoms with van der Waals surface area (Å²) in [5.74, 6) is 0. The van der Waals surface area contributed by atoms with Crippen LogP contribution in [0, 0.1) is 0 Å². The lowest BCUT2D eigenvalue weighted by Crippen LogP contribution is -2.46. The van der Waals surface area contributed by atoms with Gasteiger partial charge in [-0.25, -0.2) is 13.1 Å². The predicted octanol–water partition coefficient (Wildman–Crippen LogP) is 0.967. The summed E-state index contributed by atoms with van der Waals surface area (Å²) in [7, 11) is -1.56. The van der Waals surface area contributed by atoms with E-state index >= 15 is 0 Å². The van der Waals surface area contributed by atoms with Gasteiger partial charge < -0.3 is 10.1 Å². The SMILES string of the molecule is CNCCc1ccc(S(=O)(=O)NC2(C)CCOC2)s1. The summed E-state index contributed by atoms with van der Waals surface area (Å²) in [4.78, 5) is 1.07. The van der Waals surface area contributed by atoms with E-state index in [0.717, 1.165) is 17.8 Å². The van der Waals surface area contributed by atoms with Crippen LogP contribution in [0.25, 0.3) is 0 Å². The quantitative estimate of drug-likeness (QED) is 0.822. The number of nitrogens with one attached hydrogen (secondary N) is 2. The Balaban J connectivity index is 2.08. The second-order valence-electron chi connectivity index (χ2n) is 5.04. The summed E-state index contributed by atoms with van der Waals surface area (Å²) in [5, 5.41) is 3.05. The largest absolute Gasteiger partial charge is 0.379 e. The summed E-state index contributed by atoms with van der Waals surface area (Å²) >= 11 is 1.33. The summed E-state index contributed by atoms with van der Waals surface area (Å²) in [5.41, 5.74) is -0.478. The molecule has 1 unspecified atom stereocenters. The van der Waals surface area contributed by atoms with Crippen LogP contribution in [-0.4, -0.2) is 40.8 Å². The first-order chi connectivity index (χ1) is 8.95. The second kappa shape index (κ2) is 5.88. The van der Waals surface area contributed by atoms with E-state index in [0.29, 0.717) is 23.8 Å². The van der Waals surface area contributed by atoms with E-state index < -0.39 is 15.6 Å². The zero-order valence-electron chi connectivity index (χ0n) is 11.2. The fourth-order valence-electron chi connectivity index (χ4n) is 2.01. The van der Waals surface area contributed by atoms with E-state index in [9.17, 15) is 8.42 Å². The minimum atomic E-state index is -3.44. The number of hydrogen-bond acceptors (Lipinski definition) is 5. The average molecular weight is 304 g/mol. The fourth-order valence-corrected chi connectivity index (χ4v) is 4.78. The molecular weight excluding hydrogens is 284 g/mol. The Morgan fingerprint density at radius 1 is 1.47 bits per heavy atom. The number of hydrogen-bond donors (Lipinski definition) is 2. The van der Waals surface area contributed by atoms with Crippen LogP contribution in [-0.2, 0) is 21.2 Å². The van der Waals surface area contributed by atoms with Crippen molar-refractivity contribution < 1.29 is 13.2 Å². The van der Waals surface area contributed by atoms with E-state index in [2.05, 4.69) is 10.0 Å². The van der Waals surface area contributed by atoms with Gasteiger partial charge in [0.2, 0.25) is 0 Å². The van der Waals surface area contributed by atoms with Crippen molar-refractivity contribution in [1.29, 1.82) is 0 Å². The highest BCUT2D eigenvalue weighted by molar-refractivity contribution is 7.91. The van der Waals surface area contributed by atoms with Crippen LogP contribution in [0.1, 0.15) is 18.2 Å². The van der Waals surface area contributed by atoms with E-state index in [1.54, 1.807) is 6.07 Å². The molecule has 0 aliphatic carbocycles. The molecule has 2 heterocycles. The van der Waals surface area contributed by atoms with E-state index in [-0.39, 0.29) is 0 Å². The van der Waals surface area contributed by atoms with Crippen molar-refractivity contribution >= 4 is 21.4 Å². The van der Waals surface area contributed by atoms with Gasteiger partial charge in [-0.3, -0.25) is 0 Å². The third kappa shape index (κ3) is 3.76. The van der Waals surface area contributed by atoms with Crippen LogP contribution >= 0.6 is 11.3 Å². The molecule has 108 valence electrons. The lowest BCUT2D eigenvalue weighted by Gasteiger charge is -2.22. The van der Waals surface area contributed by atoms with Crippen LogP contribution in [0.4, 0.5) is 0 Å². The maximum atomic E-state index is 12.3. The molecule has 1 atom stereocenters. The number of likely N-dealkylation sites (N-methyl/N-ethyl adjacent to an activating group) is 1. The van der Waals surface area contributed by atoms with Crippen LogP contribution in [0.2, 0.25) is 0 Å². The summed E-state index contributed by atoms with van der Waals surface area (Å²) in [6.07, 6.45) is 1.56. The van der Waals surface area contributed by atoms with Gasteiger partial charge in [-0.05, 0) is 45.5 Å². The Bertz CT molecular complexity index is 519. The highest BCUT2D eigenvalue weighted by Crippen LogP contribution is 2.25. The topological polar surface area (TPSA) is 67.4 Å². The maximum Gasteiger partial charge on any atom is 0.250 e. The molecule has 19 heavy (non-hydrogen) atoms. The molecular formula is C12H20N2O3S2.